The van der Waals surface area contributed by atoms with Gasteiger partial charge in [-0.2, -0.15) is 0 Å². The molecule has 0 saturated heterocycles. The predicted octanol–water partition coefficient (Wildman–Crippen LogP) is 2.64. The molecule has 4 heteroatoms. The Hall–Kier alpha value is -0.540. The molecule has 0 radical (unpaired) electrons. The van der Waals surface area contributed by atoms with Gasteiger partial charge in [0.1, 0.15) is 11.9 Å². The third kappa shape index (κ3) is 2.71. The maximum atomic E-state index is 5.65. The van der Waals surface area contributed by atoms with Gasteiger partial charge in [0, 0.05) is 19.0 Å². The summed E-state index contributed by atoms with van der Waals surface area (Å²) in [5.41, 5.74) is 0.940. The quantitative estimate of drug-likeness (QED) is 0.746. The summed E-state index contributed by atoms with van der Waals surface area (Å²) in [7, 11) is 1.70. The molecule has 0 amide bonds. The zero-order chi connectivity index (χ0) is 9.68. The van der Waals surface area contributed by atoms with Crippen LogP contribution in [0, 0.1) is 0 Å². The highest BCUT2D eigenvalue weighted by Gasteiger charge is 2.12. The second kappa shape index (κ2) is 5.25. The largest absolute Gasteiger partial charge is 0.374 e. The second-order valence-corrected chi connectivity index (χ2v) is 3.21. The summed E-state index contributed by atoms with van der Waals surface area (Å²) in [4.78, 5) is 7.34. The minimum absolute atomic E-state index is 0.0713. The summed E-state index contributed by atoms with van der Waals surface area (Å²) in [5, 5.41) is 0. The molecule has 0 fully saturated rings. The van der Waals surface area contributed by atoms with E-state index in [2.05, 4.69) is 16.9 Å². The highest BCUT2D eigenvalue weighted by atomic mass is 35.5. The normalized spacial score (nSPS) is 13.2. The van der Waals surface area contributed by atoms with Crippen LogP contribution < -0.4 is 0 Å². The second-order valence-electron chi connectivity index (χ2n) is 2.94. The first-order valence-corrected chi connectivity index (χ1v) is 4.97. The van der Waals surface area contributed by atoms with Crippen molar-refractivity contribution >= 4 is 11.6 Å². The molecule has 3 nitrogen and oxygen atoms in total. The van der Waals surface area contributed by atoms with Gasteiger partial charge in [-0.1, -0.05) is 13.3 Å². The molecular formula is C9H15ClN2O. The lowest BCUT2D eigenvalue weighted by molar-refractivity contribution is 0.0883. The van der Waals surface area contributed by atoms with Crippen molar-refractivity contribution in [2.75, 3.05) is 7.11 Å². The van der Waals surface area contributed by atoms with Crippen molar-refractivity contribution in [3.63, 3.8) is 0 Å². The van der Waals surface area contributed by atoms with Crippen LogP contribution in [0.4, 0.5) is 0 Å². The minimum atomic E-state index is 0.0713. The standard InChI is InChI=1S/C9H15ClN2O/c1-3-4-8(13-2)9-11-6-7(5-10)12-9/h6,8H,3-5H2,1-2H3,(H,11,12). The minimum Gasteiger partial charge on any atom is -0.374 e. The fourth-order valence-corrected chi connectivity index (χ4v) is 1.37. The monoisotopic (exact) mass is 202 g/mol. The number of halogens is 1. The molecule has 0 aliphatic heterocycles. The Morgan fingerprint density at radius 1 is 1.69 bits per heavy atom. The number of hydrogen-bond donors (Lipinski definition) is 1. The predicted molar refractivity (Wildman–Crippen MR) is 52.8 cm³/mol. The molecule has 0 spiro atoms. The third-order valence-corrected chi connectivity index (χ3v) is 2.22. The highest BCUT2D eigenvalue weighted by molar-refractivity contribution is 6.16. The summed E-state index contributed by atoms with van der Waals surface area (Å²) in [6.07, 6.45) is 3.88. The lowest BCUT2D eigenvalue weighted by Crippen LogP contribution is -2.03. The summed E-state index contributed by atoms with van der Waals surface area (Å²) in [6.45, 7) is 2.12. The molecule has 1 atom stereocenters. The van der Waals surface area contributed by atoms with E-state index in [1.54, 1.807) is 13.3 Å². The van der Waals surface area contributed by atoms with E-state index in [9.17, 15) is 0 Å². The van der Waals surface area contributed by atoms with E-state index < -0.39 is 0 Å². The van der Waals surface area contributed by atoms with Gasteiger partial charge >= 0.3 is 0 Å². The van der Waals surface area contributed by atoms with Gasteiger partial charge in [-0.3, -0.25) is 0 Å². The lowest BCUT2D eigenvalue weighted by Gasteiger charge is -2.10. The molecule has 0 aliphatic carbocycles. The number of hydrogen-bond acceptors (Lipinski definition) is 2. The Morgan fingerprint density at radius 3 is 2.92 bits per heavy atom. The molecule has 74 valence electrons. The molecule has 1 aromatic rings. The SMILES string of the molecule is CCCC(OC)c1ncc(CCl)[nH]1. The summed E-state index contributed by atoms with van der Waals surface area (Å²) in [6, 6.07) is 0. The van der Waals surface area contributed by atoms with Gasteiger partial charge in [0.2, 0.25) is 0 Å². The number of nitrogens with zero attached hydrogens (tertiary/aromatic N) is 1. The maximum absolute atomic E-state index is 5.65. The first-order valence-electron chi connectivity index (χ1n) is 4.44. The fraction of sp³-hybridized carbons (Fsp3) is 0.667. The van der Waals surface area contributed by atoms with Crippen molar-refractivity contribution in [2.24, 2.45) is 0 Å². The van der Waals surface area contributed by atoms with E-state index in [1.165, 1.54) is 0 Å². The fourth-order valence-electron chi connectivity index (χ4n) is 1.24. The third-order valence-electron chi connectivity index (χ3n) is 1.93. The molecule has 0 bridgehead atoms. The van der Waals surface area contributed by atoms with Gasteiger partial charge in [-0.05, 0) is 6.42 Å². The molecule has 1 heterocycles. The Labute approximate surface area is 83.5 Å². The van der Waals surface area contributed by atoms with E-state index >= 15 is 0 Å². The van der Waals surface area contributed by atoms with Crippen molar-refractivity contribution in [3.8, 4) is 0 Å². The van der Waals surface area contributed by atoms with Crippen LogP contribution in [-0.4, -0.2) is 17.1 Å². The number of aromatic nitrogens is 2. The molecule has 0 aliphatic rings. The summed E-state index contributed by atoms with van der Waals surface area (Å²) in [5.74, 6) is 1.34. The van der Waals surface area contributed by atoms with Crippen LogP contribution in [0.15, 0.2) is 6.20 Å². The Bertz CT molecular complexity index is 250. The first-order chi connectivity index (χ1) is 6.31. The molecule has 1 N–H and O–H groups in total. The van der Waals surface area contributed by atoms with Crippen LogP contribution in [0.1, 0.15) is 37.4 Å². The van der Waals surface area contributed by atoms with Crippen molar-refractivity contribution in [1.29, 1.82) is 0 Å². The summed E-state index contributed by atoms with van der Waals surface area (Å²) < 4.78 is 5.30. The zero-order valence-corrected chi connectivity index (χ0v) is 8.77. The number of H-pyrrole nitrogens is 1. The van der Waals surface area contributed by atoms with Gasteiger partial charge in [0.05, 0.1) is 5.88 Å². The van der Waals surface area contributed by atoms with Crippen LogP contribution in [0.5, 0.6) is 0 Å². The molecular weight excluding hydrogens is 188 g/mol. The Morgan fingerprint density at radius 2 is 2.46 bits per heavy atom. The smallest absolute Gasteiger partial charge is 0.135 e. The van der Waals surface area contributed by atoms with E-state index in [-0.39, 0.29) is 6.10 Å². The highest BCUT2D eigenvalue weighted by Crippen LogP contribution is 2.19. The first kappa shape index (κ1) is 10.5. The van der Waals surface area contributed by atoms with Crippen LogP contribution in [0.3, 0.4) is 0 Å². The van der Waals surface area contributed by atoms with Crippen LogP contribution in [-0.2, 0) is 10.6 Å². The van der Waals surface area contributed by atoms with Crippen molar-refractivity contribution in [2.45, 2.75) is 31.7 Å². The summed E-state index contributed by atoms with van der Waals surface area (Å²) >= 11 is 5.65. The van der Waals surface area contributed by atoms with Crippen LogP contribution in [0.2, 0.25) is 0 Å². The van der Waals surface area contributed by atoms with Gasteiger partial charge in [0.15, 0.2) is 0 Å². The number of nitrogens with one attached hydrogen (secondary N) is 1. The van der Waals surface area contributed by atoms with E-state index in [1.807, 2.05) is 0 Å². The van der Waals surface area contributed by atoms with Gasteiger partial charge < -0.3 is 9.72 Å². The average molecular weight is 203 g/mol. The topological polar surface area (TPSA) is 37.9 Å². The van der Waals surface area contributed by atoms with E-state index in [0.29, 0.717) is 5.88 Å². The molecule has 13 heavy (non-hydrogen) atoms. The van der Waals surface area contributed by atoms with E-state index in [4.69, 9.17) is 16.3 Å². The number of alkyl halides is 1. The number of imidazole rings is 1. The van der Waals surface area contributed by atoms with Gasteiger partial charge in [0.25, 0.3) is 0 Å². The Balaban J connectivity index is 2.67. The number of rotatable bonds is 5. The van der Waals surface area contributed by atoms with Gasteiger partial charge in [-0.25, -0.2) is 4.98 Å². The van der Waals surface area contributed by atoms with Crippen molar-refractivity contribution in [3.05, 3.63) is 17.7 Å². The molecule has 0 aromatic carbocycles. The average Bonchev–Trinajstić information content (AvgIpc) is 2.62. The molecule has 0 saturated carbocycles. The zero-order valence-electron chi connectivity index (χ0n) is 8.01. The Kier molecular flexibility index (Phi) is 4.25. The lowest BCUT2D eigenvalue weighted by atomic mass is 10.2. The number of ether oxygens (including phenoxy) is 1. The molecule has 1 aromatic heterocycles. The van der Waals surface area contributed by atoms with Crippen molar-refractivity contribution in [1.82, 2.24) is 9.97 Å². The maximum Gasteiger partial charge on any atom is 0.135 e. The number of methoxy groups -OCH3 is 1. The molecule has 1 rings (SSSR count). The van der Waals surface area contributed by atoms with Crippen LogP contribution >= 0.6 is 11.6 Å². The van der Waals surface area contributed by atoms with E-state index in [0.717, 1.165) is 24.4 Å². The molecule has 1 unspecified atom stereocenters. The van der Waals surface area contributed by atoms with Gasteiger partial charge in [-0.15, -0.1) is 11.6 Å². The van der Waals surface area contributed by atoms with Crippen molar-refractivity contribution < 1.29 is 4.74 Å². The number of aromatic amines is 1. The van der Waals surface area contributed by atoms with Crippen LogP contribution in [0.25, 0.3) is 0 Å².